The maximum absolute atomic E-state index is 5.42. The molecule has 0 spiro atoms. The monoisotopic (exact) mass is 144 g/mol. The van der Waals surface area contributed by atoms with Gasteiger partial charge in [-0.25, -0.2) is 0 Å². The summed E-state index contributed by atoms with van der Waals surface area (Å²) in [5.41, 5.74) is 3.63. The van der Waals surface area contributed by atoms with Crippen molar-refractivity contribution in [1.82, 2.24) is 0 Å². The average Bonchev–Trinajstić information content (AvgIpc) is 1.63. The van der Waals surface area contributed by atoms with Gasteiger partial charge in [-0.2, -0.15) is 0 Å². The van der Waals surface area contributed by atoms with E-state index in [2.05, 4.69) is 26.1 Å². The number of hydrogen-bond donors (Lipinski definition) is 0. The van der Waals surface area contributed by atoms with Crippen LogP contribution in [0, 0.1) is 0 Å². The van der Waals surface area contributed by atoms with Gasteiger partial charge < -0.3 is 4.43 Å². The van der Waals surface area contributed by atoms with Gasteiger partial charge in [-0.05, 0) is 27.3 Å². The lowest BCUT2D eigenvalue weighted by Gasteiger charge is -2.03. The van der Waals surface area contributed by atoms with Gasteiger partial charge in [0.2, 0.25) is 0 Å². The minimum atomic E-state index is -0.922. The highest BCUT2D eigenvalue weighted by molar-refractivity contribution is 6.56. The average molecular weight is 144 g/mol. The smallest absolute Gasteiger partial charge is 0.197 e. The molecule has 0 heterocycles. The summed E-state index contributed by atoms with van der Waals surface area (Å²) in [5, 5.41) is 0. The van der Waals surface area contributed by atoms with Crippen molar-refractivity contribution >= 4 is 9.04 Å². The Morgan fingerprint density at radius 3 is 2.44 bits per heavy atom. The van der Waals surface area contributed by atoms with Crippen molar-refractivity contribution < 1.29 is 4.43 Å². The van der Waals surface area contributed by atoms with Crippen LogP contribution in [0.2, 0.25) is 6.55 Å². The fraction of sp³-hybridized carbons (Fsp3) is 0.714. The summed E-state index contributed by atoms with van der Waals surface area (Å²) in [6.07, 6.45) is 0. The molecule has 0 aromatic heterocycles. The van der Waals surface area contributed by atoms with Crippen LogP contribution in [-0.2, 0) is 4.43 Å². The Kier molecular flexibility index (Phi) is 4.72. The molecule has 1 unspecified atom stereocenters. The van der Waals surface area contributed by atoms with Gasteiger partial charge in [0.05, 0.1) is 0 Å². The van der Waals surface area contributed by atoms with E-state index in [0.717, 1.165) is 6.61 Å². The van der Waals surface area contributed by atoms with E-state index >= 15 is 0 Å². The molecule has 1 atom stereocenters. The third-order valence-electron chi connectivity index (χ3n) is 0.998. The molecule has 0 fully saturated rings. The second-order valence-corrected chi connectivity index (χ2v) is 4.48. The van der Waals surface area contributed by atoms with Gasteiger partial charge in [-0.15, -0.1) is 0 Å². The molecule has 0 amide bonds. The third-order valence-corrected chi connectivity index (χ3v) is 2.99. The molecule has 0 rings (SSSR count). The second-order valence-electron chi connectivity index (χ2n) is 2.40. The first-order chi connectivity index (χ1) is 4.16. The maximum Gasteiger partial charge on any atom is 0.197 e. The quantitative estimate of drug-likeness (QED) is 0.550. The Hall–Kier alpha value is -0.0831. The normalized spacial score (nSPS) is 12.9. The molecule has 0 aliphatic rings. The molecule has 0 aliphatic carbocycles. The van der Waals surface area contributed by atoms with Crippen LogP contribution in [0.25, 0.3) is 0 Å². The highest BCUT2D eigenvalue weighted by Gasteiger charge is 1.95. The van der Waals surface area contributed by atoms with Crippen LogP contribution in [0.4, 0.5) is 0 Å². The number of allylic oxidation sites excluding steroid dienone is 1. The first-order valence-electron chi connectivity index (χ1n) is 3.43. The predicted molar refractivity (Wildman–Crippen MR) is 44.1 cm³/mol. The summed E-state index contributed by atoms with van der Waals surface area (Å²) in [6.45, 7) is 9.32. The van der Waals surface area contributed by atoms with Crippen LogP contribution in [-0.4, -0.2) is 15.6 Å². The van der Waals surface area contributed by atoms with Gasteiger partial charge in [0, 0.05) is 6.61 Å². The zero-order valence-corrected chi connectivity index (χ0v) is 7.92. The van der Waals surface area contributed by atoms with E-state index in [-0.39, 0.29) is 0 Å². The van der Waals surface area contributed by atoms with E-state index < -0.39 is 9.04 Å². The molecular weight excluding hydrogens is 128 g/mol. The lowest BCUT2D eigenvalue weighted by atomic mass is 10.4. The van der Waals surface area contributed by atoms with E-state index in [4.69, 9.17) is 4.43 Å². The number of hydrogen-bond acceptors (Lipinski definition) is 1. The molecule has 0 saturated heterocycles. The number of rotatable bonds is 3. The zero-order chi connectivity index (χ0) is 7.28. The standard InChI is InChI=1S/C7H16OSi/c1-5-8-9(4)6-7(2)3/h6,9H,5H2,1-4H3. The van der Waals surface area contributed by atoms with Gasteiger partial charge in [-0.1, -0.05) is 11.3 Å². The van der Waals surface area contributed by atoms with Crippen molar-refractivity contribution in [3.8, 4) is 0 Å². The molecular formula is C7H16OSi. The molecule has 0 N–H and O–H groups in total. The minimum absolute atomic E-state index is 0.858. The topological polar surface area (TPSA) is 9.23 Å². The zero-order valence-electron chi connectivity index (χ0n) is 6.77. The Bertz CT molecular complexity index is 95.1. The van der Waals surface area contributed by atoms with Crippen molar-refractivity contribution in [3.63, 3.8) is 0 Å². The Labute approximate surface area is 59.5 Å². The Balaban J connectivity index is 3.49. The van der Waals surface area contributed by atoms with E-state index in [0.29, 0.717) is 0 Å². The van der Waals surface area contributed by atoms with Crippen LogP contribution in [0.1, 0.15) is 20.8 Å². The van der Waals surface area contributed by atoms with E-state index in [1.807, 2.05) is 6.92 Å². The summed E-state index contributed by atoms with van der Waals surface area (Å²) < 4.78 is 5.42. The Morgan fingerprint density at radius 2 is 2.11 bits per heavy atom. The summed E-state index contributed by atoms with van der Waals surface area (Å²) >= 11 is 0. The molecule has 0 radical (unpaired) electrons. The van der Waals surface area contributed by atoms with Crippen LogP contribution < -0.4 is 0 Å². The second kappa shape index (κ2) is 4.76. The summed E-state index contributed by atoms with van der Waals surface area (Å²) in [7, 11) is -0.922. The highest BCUT2D eigenvalue weighted by Crippen LogP contribution is 1.93. The molecule has 0 bridgehead atoms. The maximum atomic E-state index is 5.42. The summed E-state index contributed by atoms with van der Waals surface area (Å²) in [6, 6.07) is 0. The highest BCUT2D eigenvalue weighted by atomic mass is 28.3. The largest absolute Gasteiger partial charge is 0.417 e. The van der Waals surface area contributed by atoms with Gasteiger partial charge >= 0.3 is 0 Å². The van der Waals surface area contributed by atoms with Gasteiger partial charge in [0.25, 0.3) is 0 Å². The first kappa shape index (κ1) is 8.92. The molecule has 0 aromatic carbocycles. The van der Waals surface area contributed by atoms with Crippen molar-refractivity contribution in [1.29, 1.82) is 0 Å². The molecule has 9 heavy (non-hydrogen) atoms. The first-order valence-corrected chi connectivity index (χ1v) is 5.72. The Morgan fingerprint density at radius 1 is 1.56 bits per heavy atom. The van der Waals surface area contributed by atoms with Crippen molar-refractivity contribution in [3.05, 3.63) is 11.3 Å². The van der Waals surface area contributed by atoms with Crippen LogP contribution in [0.3, 0.4) is 0 Å². The molecule has 54 valence electrons. The van der Waals surface area contributed by atoms with Crippen LogP contribution in [0.15, 0.2) is 11.3 Å². The summed E-state index contributed by atoms with van der Waals surface area (Å²) in [5.74, 6) is 0. The van der Waals surface area contributed by atoms with Crippen LogP contribution >= 0.6 is 0 Å². The third kappa shape index (κ3) is 5.79. The van der Waals surface area contributed by atoms with Crippen LogP contribution in [0.5, 0.6) is 0 Å². The van der Waals surface area contributed by atoms with Crippen molar-refractivity contribution in [2.24, 2.45) is 0 Å². The summed E-state index contributed by atoms with van der Waals surface area (Å²) in [4.78, 5) is 0. The fourth-order valence-corrected chi connectivity index (χ4v) is 2.34. The fourth-order valence-electron chi connectivity index (χ4n) is 0.780. The molecule has 2 heteroatoms. The molecule has 1 nitrogen and oxygen atoms in total. The van der Waals surface area contributed by atoms with Gasteiger partial charge in [0.1, 0.15) is 0 Å². The van der Waals surface area contributed by atoms with Gasteiger partial charge in [-0.3, -0.25) is 0 Å². The lowest BCUT2D eigenvalue weighted by Crippen LogP contribution is -2.09. The molecule has 0 aromatic rings. The van der Waals surface area contributed by atoms with E-state index in [1.165, 1.54) is 5.57 Å². The minimum Gasteiger partial charge on any atom is -0.417 e. The lowest BCUT2D eigenvalue weighted by molar-refractivity contribution is 0.353. The molecule has 0 aliphatic heterocycles. The molecule has 0 saturated carbocycles. The van der Waals surface area contributed by atoms with E-state index in [9.17, 15) is 0 Å². The van der Waals surface area contributed by atoms with Crippen molar-refractivity contribution in [2.45, 2.75) is 27.3 Å². The predicted octanol–water partition coefficient (Wildman–Crippen LogP) is 1.88. The SMILES string of the molecule is CCO[SiH](C)C=C(C)C. The van der Waals surface area contributed by atoms with E-state index in [1.54, 1.807) is 0 Å². The van der Waals surface area contributed by atoms with Gasteiger partial charge in [0.15, 0.2) is 9.04 Å². The van der Waals surface area contributed by atoms with Crippen molar-refractivity contribution in [2.75, 3.05) is 6.61 Å².